The molecule has 0 atom stereocenters. The summed E-state index contributed by atoms with van der Waals surface area (Å²) in [4.78, 5) is 0. The van der Waals surface area contributed by atoms with Gasteiger partial charge in [-0.2, -0.15) is 0 Å². The van der Waals surface area contributed by atoms with Crippen molar-refractivity contribution in [2.24, 2.45) is 0 Å². The quantitative estimate of drug-likeness (QED) is 0.805. The van der Waals surface area contributed by atoms with Crippen LogP contribution in [0.15, 0.2) is 30.3 Å². The molecule has 0 amide bonds. The lowest BCUT2D eigenvalue weighted by atomic mass is 10.2. The van der Waals surface area contributed by atoms with Gasteiger partial charge < -0.3 is 0 Å². The average molecular weight is 286 g/mol. The molecule has 0 saturated heterocycles. The first kappa shape index (κ1) is 12.4. The number of halogens is 3. The highest BCUT2D eigenvalue weighted by atomic mass is 35.5. The van der Waals surface area contributed by atoms with E-state index in [9.17, 15) is 0 Å². The molecule has 0 spiro atoms. The van der Waals surface area contributed by atoms with Crippen molar-refractivity contribution >= 4 is 47.0 Å². The maximum atomic E-state index is 5.88. The summed E-state index contributed by atoms with van der Waals surface area (Å²) >= 11 is 17.4. The summed E-state index contributed by atoms with van der Waals surface area (Å²) in [5, 5.41) is 8.69. The molecule has 5 heteroatoms. The fourth-order valence-electron chi connectivity index (χ4n) is 1.24. The molecule has 2 aromatic rings. The zero-order valence-electron chi connectivity index (χ0n) is 8.57. The molecule has 1 aromatic carbocycles. The van der Waals surface area contributed by atoms with E-state index in [0.717, 1.165) is 11.1 Å². The molecular formula is C12H7Cl3N2. The van der Waals surface area contributed by atoms with Crippen LogP contribution in [0.25, 0.3) is 12.2 Å². The molecular weight excluding hydrogens is 279 g/mol. The first-order valence-corrected chi connectivity index (χ1v) is 5.91. The second kappa shape index (κ2) is 5.50. The van der Waals surface area contributed by atoms with Crippen LogP contribution in [0.1, 0.15) is 11.1 Å². The van der Waals surface area contributed by atoms with Crippen molar-refractivity contribution in [2.45, 2.75) is 0 Å². The van der Waals surface area contributed by atoms with Gasteiger partial charge >= 0.3 is 0 Å². The monoisotopic (exact) mass is 284 g/mol. The predicted molar refractivity (Wildman–Crippen MR) is 72.4 cm³/mol. The van der Waals surface area contributed by atoms with E-state index in [1.165, 1.54) is 0 Å². The van der Waals surface area contributed by atoms with E-state index in [1.54, 1.807) is 6.07 Å². The van der Waals surface area contributed by atoms with Crippen LogP contribution in [0.2, 0.25) is 15.3 Å². The van der Waals surface area contributed by atoms with Crippen LogP contribution in [0.5, 0.6) is 0 Å². The second-order valence-electron chi connectivity index (χ2n) is 3.30. The number of rotatable bonds is 2. The Balaban J connectivity index is 2.25. The molecule has 0 aliphatic heterocycles. The summed E-state index contributed by atoms with van der Waals surface area (Å²) in [5.74, 6) is 0. The average Bonchev–Trinajstić information content (AvgIpc) is 2.32. The fraction of sp³-hybridized carbons (Fsp3) is 0. The first-order chi connectivity index (χ1) is 8.15. The minimum absolute atomic E-state index is 0.310. The van der Waals surface area contributed by atoms with Gasteiger partial charge in [0.15, 0.2) is 10.3 Å². The fourth-order valence-corrected chi connectivity index (χ4v) is 1.68. The highest BCUT2D eigenvalue weighted by Crippen LogP contribution is 2.18. The Morgan fingerprint density at radius 2 is 1.59 bits per heavy atom. The van der Waals surface area contributed by atoms with Gasteiger partial charge in [0.1, 0.15) is 0 Å². The smallest absolute Gasteiger partial charge is 0.137 e. The van der Waals surface area contributed by atoms with Crippen molar-refractivity contribution in [3.63, 3.8) is 0 Å². The normalized spacial score (nSPS) is 11.0. The first-order valence-electron chi connectivity index (χ1n) is 4.77. The number of aromatic nitrogens is 2. The van der Waals surface area contributed by atoms with Gasteiger partial charge in [-0.3, -0.25) is 0 Å². The Morgan fingerprint density at radius 1 is 0.882 bits per heavy atom. The highest BCUT2D eigenvalue weighted by Gasteiger charge is 2.00. The molecule has 1 aromatic heterocycles. The van der Waals surface area contributed by atoms with Crippen molar-refractivity contribution in [2.75, 3.05) is 0 Å². The van der Waals surface area contributed by atoms with E-state index in [2.05, 4.69) is 10.2 Å². The van der Waals surface area contributed by atoms with Crippen LogP contribution in [0.3, 0.4) is 0 Å². The standard InChI is InChI=1S/C12H7Cl3N2/c13-10-5-2-8(3-6-10)1-4-9-7-11(14)16-17-12(9)15/h1-7H/b4-1+. The lowest BCUT2D eigenvalue weighted by Crippen LogP contribution is -1.86. The van der Waals surface area contributed by atoms with E-state index in [4.69, 9.17) is 34.8 Å². The molecule has 2 rings (SSSR count). The van der Waals surface area contributed by atoms with Gasteiger partial charge in [0, 0.05) is 10.6 Å². The Kier molecular flexibility index (Phi) is 4.00. The zero-order chi connectivity index (χ0) is 12.3. The van der Waals surface area contributed by atoms with Crippen molar-refractivity contribution in [3.8, 4) is 0 Å². The molecule has 0 bridgehead atoms. The third-order valence-electron chi connectivity index (χ3n) is 2.07. The molecule has 0 aliphatic carbocycles. The van der Waals surface area contributed by atoms with E-state index in [-0.39, 0.29) is 0 Å². The third-order valence-corrected chi connectivity index (χ3v) is 2.80. The number of hydrogen-bond acceptors (Lipinski definition) is 2. The number of benzene rings is 1. The van der Waals surface area contributed by atoms with Gasteiger partial charge in [0.05, 0.1) is 0 Å². The number of hydrogen-bond donors (Lipinski definition) is 0. The van der Waals surface area contributed by atoms with Gasteiger partial charge in [0.25, 0.3) is 0 Å². The topological polar surface area (TPSA) is 25.8 Å². The van der Waals surface area contributed by atoms with Crippen LogP contribution in [-0.2, 0) is 0 Å². The Hall–Kier alpha value is -1.09. The minimum atomic E-state index is 0.310. The lowest BCUT2D eigenvalue weighted by Gasteiger charge is -1.97. The summed E-state index contributed by atoms with van der Waals surface area (Å²) < 4.78 is 0. The van der Waals surface area contributed by atoms with Crippen LogP contribution < -0.4 is 0 Å². The molecule has 86 valence electrons. The Labute approximate surface area is 114 Å². The van der Waals surface area contributed by atoms with E-state index in [0.29, 0.717) is 15.3 Å². The van der Waals surface area contributed by atoms with Crippen molar-refractivity contribution < 1.29 is 0 Å². The molecule has 1 heterocycles. The van der Waals surface area contributed by atoms with Gasteiger partial charge in [-0.05, 0) is 23.8 Å². The maximum Gasteiger partial charge on any atom is 0.159 e. The van der Waals surface area contributed by atoms with E-state index < -0.39 is 0 Å². The molecule has 2 nitrogen and oxygen atoms in total. The number of nitrogens with zero attached hydrogens (tertiary/aromatic N) is 2. The molecule has 0 saturated carbocycles. The van der Waals surface area contributed by atoms with Gasteiger partial charge in [-0.15, -0.1) is 10.2 Å². The summed E-state index contributed by atoms with van der Waals surface area (Å²) in [6.45, 7) is 0. The predicted octanol–water partition coefficient (Wildman–Crippen LogP) is 4.61. The lowest BCUT2D eigenvalue weighted by molar-refractivity contribution is 1.03. The summed E-state index contributed by atoms with van der Waals surface area (Å²) in [7, 11) is 0. The summed E-state index contributed by atoms with van der Waals surface area (Å²) in [6, 6.07) is 9.11. The molecule has 0 fully saturated rings. The maximum absolute atomic E-state index is 5.88. The molecule has 0 N–H and O–H groups in total. The van der Waals surface area contributed by atoms with Crippen LogP contribution in [0, 0.1) is 0 Å². The molecule has 0 radical (unpaired) electrons. The summed E-state index contributed by atoms with van der Waals surface area (Å²) in [5.41, 5.74) is 1.74. The molecule has 17 heavy (non-hydrogen) atoms. The molecule has 0 unspecified atom stereocenters. The van der Waals surface area contributed by atoms with Crippen LogP contribution in [0.4, 0.5) is 0 Å². The third kappa shape index (κ3) is 3.43. The largest absolute Gasteiger partial charge is 0.159 e. The van der Waals surface area contributed by atoms with Crippen LogP contribution in [-0.4, -0.2) is 10.2 Å². The molecule has 0 aliphatic rings. The van der Waals surface area contributed by atoms with E-state index in [1.807, 2.05) is 36.4 Å². The van der Waals surface area contributed by atoms with Gasteiger partial charge in [-0.25, -0.2) is 0 Å². The highest BCUT2D eigenvalue weighted by molar-refractivity contribution is 6.32. The zero-order valence-corrected chi connectivity index (χ0v) is 10.8. The van der Waals surface area contributed by atoms with Crippen molar-refractivity contribution in [1.29, 1.82) is 0 Å². The summed E-state index contributed by atoms with van der Waals surface area (Å²) in [6.07, 6.45) is 3.72. The van der Waals surface area contributed by atoms with Crippen LogP contribution >= 0.6 is 34.8 Å². The minimum Gasteiger partial charge on any atom is -0.137 e. The van der Waals surface area contributed by atoms with Crippen molar-refractivity contribution in [1.82, 2.24) is 10.2 Å². The van der Waals surface area contributed by atoms with Crippen molar-refractivity contribution in [3.05, 3.63) is 56.8 Å². The van der Waals surface area contributed by atoms with E-state index >= 15 is 0 Å². The Morgan fingerprint density at radius 3 is 2.29 bits per heavy atom. The Bertz CT molecular complexity index is 550. The second-order valence-corrected chi connectivity index (χ2v) is 4.48. The van der Waals surface area contributed by atoms with Gasteiger partial charge in [0.2, 0.25) is 0 Å². The SMILES string of the molecule is Clc1ccc(/C=C/c2cc(Cl)nnc2Cl)cc1. The van der Waals surface area contributed by atoms with Gasteiger partial charge in [-0.1, -0.05) is 59.1 Å².